The van der Waals surface area contributed by atoms with Gasteiger partial charge in [0.25, 0.3) is 0 Å². The van der Waals surface area contributed by atoms with Gasteiger partial charge in [-0.3, -0.25) is 0 Å². The molecule has 1 aromatic rings. The maximum absolute atomic E-state index is 10.7. The van der Waals surface area contributed by atoms with Crippen molar-refractivity contribution >= 4 is 0 Å². The van der Waals surface area contributed by atoms with Gasteiger partial charge < -0.3 is 15.3 Å². The first-order valence-corrected chi connectivity index (χ1v) is 5.64. The van der Waals surface area contributed by atoms with Crippen LogP contribution < -0.4 is 5.73 Å². The third kappa shape index (κ3) is 1.02. The Morgan fingerprint density at radius 1 is 1.47 bits per heavy atom. The molecule has 3 nitrogen and oxygen atoms in total. The van der Waals surface area contributed by atoms with Crippen LogP contribution in [0.2, 0.25) is 0 Å². The molecule has 1 fully saturated rings. The van der Waals surface area contributed by atoms with Crippen LogP contribution in [0.5, 0.6) is 0 Å². The Balaban J connectivity index is 2.15. The van der Waals surface area contributed by atoms with Crippen molar-refractivity contribution in [3.05, 3.63) is 23.2 Å². The Morgan fingerprint density at radius 3 is 2.80 bits per heavy atom. The number of nitrogens with two attached hydrogens (primary N) is 1. The van der Waals surface area contributed by atoms with Crippen molar-refractivity contribution in [2.45, 2.75) is 38.2 Å². The van der Waals surface area contributed by atoms with Gasteiger partial charge in [-0.25, -0.2) is 0 Å². The summed E-state index contributed by atoms with van der Waals surface area (Å²) in [6, 6.07) is 2.03. The lowest BCUT2D eigenvalue weighted by Gasteiger charge is -2.38. The van der Waals surface area contributed by atoms with E-state index in [1.54, 1.807) is 0 Å². The normalized spacial score (nSPS) is 31.7. The highest BCUT2D eigenvalue weighted by molar-refractivity contribution is 5.35. The monoisotopic (exact) mass is 207 g/mol. The first-order chi connectivity index (χ1) is 7.11. The number of furan rings is 1. The molecule has 1 heterocycles. The van der Waals surface area contributed by atoms with Gasteiger partial charge in [-0.2, -0.15) is 0 Å². The van der Waals surface area contributed by atoms with E-state index in [4.69, 9.17) is 10.2 Å². The molecule has 1 unspecified atom stereocenters. The lowest BCUT2D eigenvalue weighted by Crippen LogP contribution is -2.46. The molecular weight excluding hydrogens is 190 g/mol. The molecule has 2 aliphatic carbocycles. The van der Waals surface area contributed by atoms with Gasteiger partial charge in [-0.1, -0.05) is 0 Å². The van der Waals surface area contributed by atoms with Crippen molar-refractivity contribution in [2.75, 3.05) is 6.54 Å². The Hall–Kier alpha value is -0.800. The highest BCUT2D eigenvalue weighted by Gasteiger charge is 2.62. The second-order valence-corrected chi connectivity index (χ2v) is 5.06. The van der Waals surface area contributed by atoms with E-state index >= 15 is 0 Å². The van der Waals surface area contributed by atoms with Crippen LogP contribution in [0.25, 0.3) is 0 Å². The summed E-state index contributed by atoms with van der Waals surface area (Å²) < 4.78 is 5.66. The van der Waals surface area contributed by atoms with E-state index < -0.39 is 5.60 Å². The topological polar surface area (TPSA) is 59.4 Å². The predicted molar refractivity (Wildman–Crippen MR) is 56.4 cm³/mol. The molecular formula is C12H17NO2. The summed E-state index contributed by atoms with van der Waals surface area (Å²) in [5, 5.41) is 10.7. The summed E-state index contributed by atoms with van der Waals surface area (Å²) in [4.78, 5) is 0. The van der Waals surface area contributed by atoms with Crippen LogP contribution in [0.1, 0.15) is 36.3 Å². The number of hydrogen-bond acceptors (Lipinski definition) is 3. The van der Waals surface area contributed by atoms with Crippen molar-refractivity contribution in [3.8, 4) is 0 Å². The molecule has 0 radical (unpaired) electrons. The van der Waals surface area contributed by atoms with Crippen LogP contribution in [-0.2, 0) is 12.0 Å². The van der Waals surface area contributed by atoms with Crippen molar-refractivity contribution in [3.63, 3.8) is 0 Å². The fourth-order valence-corrected chi connectivity index (χ4v) is 3.05. The molecule has 3 heteroatoms. The van der Waals surface area contributed by atoms with E-state index in [0.717, 1.165) is 42.8 Å². The van der Waals surface area contributed by atoms with Crippen LogP contribution in [0, 0.1) is 12.3 Å². The van der Waals surface area contributed by atoms with Gasteiger partial charge in [-0.05, 0) is 44.2 Å². The molecule has 1 atom stereocenters. The largest absolute Gasteiger partial charge is 0.463 e. The fourth-order valence-electron chi connectivity index (χ4n) is 3.05. The molecule has 82 valence electrons. The Morgan fingerprint density at radius 2 is 2.20 bits per heavy atom. The highest BCUT2D eigenvalue weighted by Crippen LogP contribution is 2.63. The quantitative estimate of drug-likeness (QED) is 0.733. The summed E-state index contributed by atoms with van der Waals surface area (Å²) in [5.41, 5.74) is 6.04. The molecule has 0 bridgehead atoms. The first kappa shape index (κ1) is 9.43. The van der Waals surface area contributed by atoms with Crippen molar-refractivity contribution < 1.29 is 9.52 Å². The number of aliphatic hydroxyl groups is 1. The van der Waals surface area contributed by atoms with E-state index in [9.17, 15) is 5.11 Å². The zero-order chi connectivity index (χ0) is 10.7. The maximum Gasteiger partial charge on any atom is 0.140 e. The van der Waals surface area contributed by atoms with Gasteiger partial charge in [0.15, 0.2) is 0 Å². The van der Waals surface area contributed by atoms with Crippen LogP contribution in [-0.4, -0.2) is 11.7 Å². The second-order valence-electron chi connectivity index (χ2n) is 5.06. The minimum absolute atomic E-state index is 0.0268. The lowest BCUT2D eigenvalue weighted by atomic mass is 9.72. The number of rotatable bonds is 1. The maximum atomic E-state index is 10.7. The third-order valence-electron chi connectivity index (χ3n) is 4.21. The fraction of sp³-hybridized carbons (Fsp3) is 0.667. The van der Waals surface area contributed by atoms with Gasteiger partial charge >= 0.3 is 0 Å². The lowest BCUT2D eigenvalue weighted by molar-refractivity contribution is -0.0604. The van der Waals surface area contributed by atoms with E-state index in [1.807, 2.05) is 13.0 Å². The minimum Gasteiger partial charge on any atom is -0.463 e. The van der Waals surface area contributed by atoms with Gasteiger partial charge in [0, 0.05) is 12.0 Å². The molecule has 1 saturated carbocycles. The smallest absolute Gasteiger partial charge is 0.140 e. The van der Waals surface area contributed by atoms with Crippen molar-refractivity contribution in [1.29, 1.82) is 0 Å². The molecule has 0 amide bonds. The molecule has 0 aromatic carbocycles. The van der Waals surface area contributed by atoms with E-state index in [2.05, 4.69) is 0 Å². The minimum atomic E-state index is -0.908. The predicted octanol–water partition coefficient (Wildman–Crippen LogP) is 1.46. The van der Waals surface area contributed by atoms with Crippen molar-refractivity contribution in [2.24, 2.45) is 11.1 Å². The Kier molecular flexibility index (Phi) is 1.67. The van der Waals surface area contributed by atoms with Gasteiger partial charge in [-0.15, -0.1) is 0 Å². The molecule has 0 saturated heterocycles. The first-order valence-electron chi connectivity index (χ1n) is 5.64. The van der Waals surface area contributed by atoms with Crippen LogP contribution in [0.15, 0.2) is 10.5 Å². The summed E-state index contributed by atoms with van der Waals surface area (Å²) >= 11 is 0. The Bertz CT molecular complexity index is 406. The summed E-state index contributed by atoms with van der Waals surface area (Å²) in [5.74, 6) is 1.62. The molecule has 1 aromatic heterocycles. The van der Waals surface area contributed by atoms with E-state index in [1.165, 1.54) is 0 Å². The van der Waals surface area contributed by atoms with E-state index in [0.29, 0.717) is 0 Å². The van der Waals surface area contributed by atoms with Crippen LogP contribution in [0.3, 0.4) is 0 Å². The summed E-state index contributed by atoms with van der Waals surface area (Å²) in [6.45, 7) is 2.20. The van der Waals surface area contributed by atoms with Gasteiger partial charge in [0.2, 0.25) is 0 Å². The Labute approximate surface area is 89.3 Å². The van der Waals surface area contributed by atoms with Crippen LogP contribution in [0.4, 0.5) is 0 Å². The third-order valence-corrected chi connectivity index (χ3v) is 4.21. The zero-order valence-electron chi connectivity index (χ0n) is 9.05. The number of hydrogen-bond donors (Lipinski definition) is 2. The van der Waals surface area contributed by atoms with Crippen LogP contribution >= 0.6 is 0 Å². The molecule has 1 spiro atoms. The molecule has 2 aliphatic rings. The standard InChI is InChI=1S/C12H17NO2/c1-8-6-9-2-3-11(4-5-11)12(14,7-13)10(9)15-8/h6,14H,2-5,7,13H2,1H3. The molecule has 15 heavy (non-hydrogen) atoms. The average molecular weight is 207 g/mol. The average Bonchev–Trinajstić information content (AvgIpc) is 2.91. The summed E-state index contributed by atoms with van der Waals surface area (Å²) in [7, 11) is 0. The highest BCUT2D eigenvalue weighted by atomic mass is 16.4. The number of fused-ring (bicyclic) bond motifs is 1. The zero-order valence-corrected chi connectivity index (χ0v) is 9.05. The van der Waals surface area contributed by atoms with E-state index in [-0.39, 0.29) is 12.0 Å². The van der Waals surface area contributed by atoms with Gasteiger partial charge in [0.05, 0.1) is 0 Å². The summed E-state index contributed by atoms with van der Waals surface area (Å²) in [6.07, 6.45) is 4.24. The molecule has 0 aliphatic heterocycles. The second kappa shape index (κ2) is 2.66. The number of aryl methyl sites for hydroxylation is 2. The molecule has 3 rings (SSSR count). The van der Waals surface area contributed by atoms with Crippen molar-refractivity contribution in [1.82, 2.24) is 0 Å². The molecule has 3 N–H and O–H groups in total. The van der Waals surface area contributed by atoms with Gasteiger partial charge in [0.1, 0.15) is 17.1 Å². The SMILES string of the molecule is Cc1cc2c(o1)C(O)(CN)C1(CC2)CC1.